The summed E-state index contributed by atoms with van der Waals surface area (Å²) in [6.45, 7) is 1.72. The van der Waals surface area contributed by atoms with Crippen molar-refractivity contribution in [3.63, 3.8) is 0 Å². The molecular weight excluding hydrogens is 378 g/mol. The third kappa shape index (κ3) is 4.77. The van der Waals surface area contributed by atoms with Crippen molar-refractivity contribution in [2.75, 3.05) is 12.4 Å². The van der Waals surface area contributed by atoms with Gasteiger partial charge < -0.3 is 15.0 Å². The molecular formula is C20H19N3O4S. The van der Waals surface area contributed by atoms with Gasteiger partial charge in [-0.2, -0.15) is 0 Å². The SMILES string of the molecule is COC(=O)Cc1cc(=O)[nH]c(S[C@H](C)C(=O)Nc2cccc3ccccc23)n1. The van der Waals surface area contributed by atoms with E-state index >= 15 is 0 Å². The fourth-order valence-corrected chi connectivity index (χ4v) is 3.47. The second kappa shape index (κ2) is 8.71. The lowest BCUT2D eigenvalue weighted by Gasteiger charge is -2.13. The Hall–Kier alpha value is -3.13. The van der Waals surface area contributed by atoms with E-state index in [1.165, 1.54) is 13.2 Å². The summed E-state index contributed by atoms with van der Waals surface area (Å²) in [7, 11) is 1.27. The summed E-state index contributed by atoms with van der Waals surface area (Å²) in [6.07, 6.45) is -0.107. The molecule has 3 aromatic rings. The minimum absolute atomic E-state index is 0.107. The van der Waals surface area contributed by atoms with Crippen LogP contribution in [0.25, 0.3) is 10.8 Å². The van der Waals surface area contributed by atoms with Crippen LogP contribution in [-0.4, -0.2) is 34.2 Å². The van der Waals surface area contributed by atoms with E-state index in [1.54, 1.807) is 6.92 Å². The summed E-state index contributed by atoms with van der Waals surface area (Å²) in [6, 6.07) is 14.7. The zero-order valence-corrected chi connectivity index (χ0v) is 16.2. The van der Waals surface area contributed by atoms with Gasteiger partial charge in [-0.1, -0.05) is 48.2 Å². The topological polar surface area (TPSA) is 101 Å². The van der Waals surface area contributed by atoms with Gasteiger partial charge in [0.15, 0.2) is 5.16 Å². The number of esters is 1. The number of amides is 1. The zero-order valence-electron chi connectivity index (χ0n) is 15.4. The number of anilines is 1. The van der Waals surface area contributed by atoms with Crippen molar-refractivity contribution < 1.29 is 14.3 Å². The number of aromatic nitrogens is 2. The number of fused-ring (bicyclic) bond motifs is 1. The fourth-order valence-electron chi connectivity index (χ4n) is 2.64. The first kappa shape index (κ1) is 19.6. The number of hydrogen-bond donors (Lipinski definition) is 2. The van der Waals surface area contributed by atoms with Crippen molar-refractivity contribution in [1.82, 2.24) is 9.97 Å². The first-order chi connectivity index (χ1) is 13.5. The molecule has 1 aromatic heterocycles. The monoisotopic (exact) mass is 397 g/mol. The Morgan fingerprint density at radius 2 is 1.96 bits per heavy atom. The van der Waals surface area contributed by atoms with E-state index in [9.17, 15) is 14.4 Å². The van der Waals surface area contributed by atoms with Crippen molar-refractivity contribution >= 4 is 40.1 Å². The molecule has 2 N–H and O–H groups in total. The van der Waals surface area contributed by atoms with Crippen LogP contribution in [0.2, 0.25) is 0 Å². The number of rotatable bonds is 6. The van der Waals surface area contributed by atoms with E-state index in [-0.39, 0.29) is 17.5 Å². The molecule has 7 nitrogen and oxygen atoms in total. The average Bonchev–Trinajstić information content (AvgIpc) is 2.67. The maximum Gasteiger partial charge on any atom is 0.311 e. The van der Waals surface area contributed by atoms with Crippen molar-refractivity contribution in [3.05, 3.63) is 64.6 Å². The number of nitrogens with zero attached hydrogens (tertiary/aromatic N) is 1. The van der Waals surface area contributed by atoms with E-state index in [1.807, 2.05) is 42.5 Å². The molecule has 0 saturated heterocycles. The van der Waals surface area contributed by atoms with Crippen LogP contribution in [0.4, 0.5) is 5.69 Å². The Labute approximate surface area is 165 Å². The highest BCUT2D eigenvalue weighted by Crippen LogP contribution is 2.25. The lowest BCUT2D eigenvalue weighted by Crippen LogP contribution is -2.23. The number of thioether (sulfide) groups is 1. The second-order valence-corrected chi connectivity index (χ2v) is 7.40. The predicted molar refractivity (Wildman–Crippen MR) is 108 cm³/mol. The summed E-state index contributed by atoms with van der Waals surface area (Å²) >= 11 is 1.11. The number of carbonyl (C=O) groups is 2. The van der Waals surface area contributed by atoms with Crippen LogP contribution in [-0.2, 0) is 20.7 Å². The quantitative estimate of drug-likeness (QED) is 0.377. The molecule has 0 radical (unpaired) electrons. The molecule has 0 aliphatic heterocycles. The molecule has 28 heavy (non-hydrogen) atoms. The highest BCUT2D eigenvalue weighted by atomic mass is 32.2. The molecule has 0 unspecified atom stereocenters. The first-order valence-corrected chi connectivity index (χ1v) is 9.46. The van der Waals surface area contributed by atoms with Crippen LogP contribution >= 0.6 is 11.8 Å². The molecule has 0 fully saturated rings. The lowest BCUT2D eigenvalue weighted by molar-refractivity contribution is -0.139. The van der Waals surface area contributed by atoms with Gasteiger partial charge in [0, 0.05) is 17.1 Å². The summed E-state index contributed by atoms with van der Waals surface area (Å²) in [4.78, 5) is 42.6. The van der Waals surface area contributed by atoms with Gasteiger partial charge in [-0.3, -0.25) is 14.4 Å². The minimum Gasteiger partial charge on any atom is -0.469 e. The Morgan fingerprint density at radius 3 is 2.75 bits per heavy atom. The van der Waals surface area contributed by atoms with Crippen LogP contribution < -0.4 is 10.9 Å². The highest BCUT2D eigenvalue weighted by molar-refractivity contribution is 8.00. The van der Waals surface area contributed by atoms with Crippen LogP contribution in [0.5, 0.6) is 0 Å². The zero-order chi connectivity index (χ0) is 20.1. The van der Waals surface area contributed by atoms with E-state index in [2.05, 4.69) is 20.0 Å². The van der Waals surface area contributed by atoms with Gasteiger partial charge in [-0.25, -0.2) is 4.98 Å². The number of carbonyl (C=O) groups excluding carboxylic acids is 2. The van der Waals surface area contributed by atoms with Gasteiger partial charge in [0.25, 0.3) is 5.56 Å². The van der Waals surface area contributed by atoms with Crippen LogP contribution in [0.3, 0.4) is 0 Å². The molecule has 1 amide bonds. The number of benzene rings is 2. The predicted octanol–water partition coefficient (Wildman–Crippen LogP) is 2.76. The Morgan fingerprint density at radius 1 is 1.21 bits per heavy atom. The van der Waals surface area contributed by atoms with Gasteiger partial charge >= 0.3 is 5.97 Å². The minimum atomic E-state index is -0.518. The van der Waals surface area contributed by atoms with E-state index in [4.69, 9.17) is 0 Å². The second-order valence-electron chi connectivity index (χ2n) is 6.07. The molecule has 144 valence electrons. The fraction of sp³-hybridized carbons (Fsp3) is 0.200. The lowest BCUT2D eigenvalue weighted by atomic mass is 10.1. The molecule has 1 atom stereocenters. The Kier molecular flexibility index (Phi) is 6.10. The van der Waals surface area contributed by atoms with Crippen molar-refractivity contribution in [3.8, 4) is 0 Å². The summed E-state index contributed by atoms with van der Waals surface area (Å²) < 4.78 is 4.59. The molecule has 1 heterocycles. The van der Waals surface area contributed by atoms with Gasteiger partial charge in [-0.15, -0.1) is 0 Å². The number of H-pyrrole nitrogens is 1. The largest absolute Gasteiger partial charge is 0.469 e. The molecule has 8 heteroatoms. The first-order valence-electron chi connectivity index (χ1n) is 8.58. The molecule has 0 aliphatic carbocycles. The van der Waals surface area contributed by atoms with Gasteiger partial charge in [-0.05, 0) is 18.4 Å². The third-order valence-corrected chi connectivity index (χ3v) is 5.02. The van der Waals surface area contributed by atoms with Crippen LogP contribution in [0, 0.1) is 0 Å². The van der Waals surface area contributed by atoms with Crippen molar-refractivity contribution in [1.29, 1.82) is 0 Å². The van der Waals surface area contributed by atoms with Crippen molar-refractivity contribution in [2.24, 2.45) is 0 Å². The number of hydrogen-bond acceptors (Lipinski definition) is 6. The normalized spacial score (nSPS) is 11.8. The summed E-state index contributed by atoms with van der Waals surface area (Å²) in [5, 5.41) is 4.65. The number of nitrogens with one attached hydrogen (secondary N) is 2. The maximum atomic E-state index is 12.6. The van der Waals surface area contributed by atoms with Gasteiger partial charge in [0.1, 0.15) is 0 Å². The molecule has 0 saturated carbocycles. The number of methoxy groups -OCH3 is 1. The summed E-state index contributed by atoms with van der Waals surface area (Å²) in [5.74, 6) is -0.710. The Balaban J connectivity index is 1.74. The van der Waals surface area contributed by atoms with E-state index < -0.39 is 16.8 Å². The molecule has 3 rings (SSSR count). The average molecular weight is 397 g/mol. The number of aromatic amines is 1. The molecule has 0 aliphatic rings. The maximum absolute atomic E-state index is 12.6. The molecule has 0 bridgehead atoms. The van der Waals surface area contributed by atoms with Gasteiger partial charge in [0.05, 0.1) is 24.5 Å². The van der Waals surface area contributed by atoms with E-state index in [0.29, 0.717) is 5.69 Å². The van der Waals surface area contributed by atoms with E-state index in [0.717, 1.165) is 28.2 Å². The smallest absolute Gasteiger partial charge is 0.311 e. The van der Waals surface area contributed by atoms with Crippen molar-refractivity contribution in [2.45, 2.75) is 23.8 Å². The van der Waals surface area contributed by atoms with Gasteiger partial charge in [0.2, 0.25) is 5.91 Å². The Bertz CT molecular complexity index is 1070. The third-order valence-electron chi connectivity index (χ3n) is 4.03. The van der Waals surface area contributed by atoms with Crippen LogP contribution in [0.1, 0.15) is 12.6 Å². The molecule has 0 spiro atoms. The highest BCUT2D eigenvalue weighted by Gasteiger charge is 2.18. The van der Waals surface area contributed by atoms with Crippen LogP contribution in [0.15, 0.2) is 58.5 Å². The standard InChI is InChI=1S/C20H19N3O4S/c1-12(28-20-21-14(10-17(24)23-20)11-18(25)27-2)19(26)22-16-9-5-7-13-6-3-4-8-15(13)16/h3-10,12H,11H2,1-2H3,(H,22,26)(H,21,23,24)/t12-/m1/s1. The number of ether oxygens (including phenoxy) is 1. The molecule has 2 aromatic carbocycles. The summed E-state index contributed by atoms with van der Waals surface area (Å²) in [5.41, 5.74) is 0.620.